The molecule has 0 amide bonds. The molecule has 0 unspecified atom stereocenters. The van der Waals surface area contributed by atoms with Crippen LogP contribution in [-0.4, -0.2) is 0 Å². The zero-order valence-corrected chi connectivity index (χ0v) is 28.1. The number of rotatable bonds is 5. The molecular weight excluding hydrogens is 623 g/mol. The van der Waals surface area contributed by atoms with E-state index in [0.717, 1.165) is 17.1 Å². The van der Waals surface area contributed by atoms with Gasteiger partial charge >= 0.3 is 0 Å². The molecular formula is C48H31NS. The average Bonchev–Trinajstić information content (AvgIpc) is 3.58. The SMILES string of the molecule is c1ccc(-c2ccc(N(c3cccc(-c4cc5ccccc5c5ccccc45)c3)c3ccc4ccc5c6ccccc6sc5c4c3)cc2)cc1. The Labute approximate surface area is 294 Å². The van der Waals surface area contributed by atoms with E-state index in [1.54, 1.807) is 0 Å². The lowest BCUT2D eigenvalue weighted by Crippen LogP contribution is -2.10. The minimum Gasteiger partial charge on any atom is -0.310 e. The molecule has 1 heterocycles. The molecule has 0 aliphatic heterocycles. The van der Waals surface area contributed by atoms with Crippen LogP contribution in [0.25, 0.3) is 74.7 Å². The van der Waals surface area contributed by atoms with Gasteiger partial charge in [-0.2, -0.15) is 0 Å². The Kier molecular flexibility index (Phi) is 6.75. The molecule has 0 fully saturated rings. The summed E-state index contributed by atoms with van der Waals surface area (Å²) in [5.41, 5.74) is 8.23. The van der Waals surface area contributed by atoms with Gasteiger partial charge in [-0.15, -0.1) is 11.3 Å². The summed E-state index contributed by atoms with van der Waals surface area (Å²) < 4.78 is 2.66. The van der Waals surface area contributed by atoms with E-state index < -0.39 is 0 Å². The molecule has 50 heavy (non-hydrogen) atoms. The van der Waals surface area contributed by atoms with Crippen molar-refractivity contribution < 1.29 is 0 Å². The molecule has 0 N–H and O–H groups in total. The van der Waals surface area contributed by atoms with Gasteiger partial charge in [-0.25, -0.2) is 0 Å². The van der Waals surface area contributed by atoms with Crippen LogP contribution in [-0.2, 0) is 0 Å². The van der Waals surface area contributed by atoms with E-state index in [0.29, 0.717) is 0 Å². The van der Waals surface area contributed by atoms with Crippen LogP contribution >= 0.6 is 11.3 Å². The fourth-order valence-electron chi connectivity index (χ4n) is 7.62. The molecule has 0 radical (unpaired) electrons. The molecule has 0 atom stereocenters. The lowest BCUT2D eigenvalue weighted by atomic mass is 9.93. The Morgan fingerprint density at radius 2 is 0.960 bits per heavy atom. The molecule has 10 rings (SSSR count). The lowest BCUT2D eigenvalue weighted by Gasteiger charge is -2.27. The third-order valence-electron chi connectivity index (χ3n) is 10.0. The van der Waals surface area contributed by atoms with Crippen LogP contribution in [0.3, 0.4) is 0 Å². The van der Waals surface area contributed by atoms with Crippen molar-refractivity contribution in [1.29, 1.82) is 0 Å². The van der Waals surface area contributed by atoms with Crippen molar-refractivity contribution in [1.82, 2.24) is 0 Å². The van der Waals surface area contributed by atoms with Gasteiger partial charge in [-0.1, -0.05) is 140 Å². The molecule has 0 spiro atoms. The summed E-state index contributed by atoms with van der Waals surface area (Å²) in [6, 6.07) is 68.7. The van der Waals surface area contributed by atoms with Crippen molar-refractivity contribution in [3.8, 4) is 22.3 Å². The van der Waals surface area contributed by atoms with Gasteiger partial charge in [-0.05, 0) is 97.7 Å². The zero-order chi connectivity index (χ0) is 33.0. The average molecular weight is 654 g/mol. The van der Waals surface area contributed by atoms with E-state index in [1.807, 2.05) is 11.3 Å². The summed E-state index contributed by atoms with van der Waals surface area (Å²) in [7, 11) is 0. The molecule has 0 bridgehead atoms. The summed E-state index contributed by atoms with van der Waals surface area (Å²) in [6.45, 7) is 0. The van der Waals surface area contributed by atoms with Crippen molar-refractivity contribution in [2.24, 2.45) is 0 Å². The standard InChI is InChI=1S/C48H31NS/c1-2-11-32(12-3-1)33-21-25-37(26-22-33)49(39-27-23-34-24-28-44-43-19-8-9-20-47(43)50-48(44)46(34)31-39)38-15-10-14-35(29-38)45-30-36-13-4-5-16-40(36)41-17-6-7-18-42(41)45/h1-31H. The lowest BCUT2D eigenvalue weighted by molar-refractivity contribution is 1.29. The molecule has 0 aliphatic rings. The number of anilines is 3. The van der Waals surface area contributed by atoms with Crippen molar-refractivity contribution in [3.63, 3.8) is 0 Å². The largest absolute Gasteiger partial charge is 0.310 e. The first-order chi connectivity index (χ1) is 24.8. The quantitative estimate of drug-likeness (QED) is 0.167. The monoisotopic (exact) mass is 653 g/mol. The van der Waals surface area contributed by atoms with E-state index in [4.69, 9.17) is 0 Å². The number of hydrogen-bond donors (Lipinski definition) is 0. The number of thiophene rings is 1. The predicted molar refractivity (Wildman–Crippen MR) is 217 cm³/mol. The van der Waals surface area contributed by atoms with E-state index in [2.05, 4.69) is 193 Å². The molecule has 10 aromatic rings. The minimum atomic E-state index is 1.12. The van der Waals surface area contributed by atoms with Gasteiger partial charge in [0.2, 0.25) is 0 Å². The second-order valence-electron chi connectivity index (χ2n) is 12.9. The summed E-state index contributed by atoms with van der Waals surface area (Å²) in [5.74, 6) is 0. The Bertz CT molecular complexity index is 2870. The molecule has 9 aromatic carbocycles. The molecule has 0 aliphatic carbocycles. The predicted octanol–water partition coefficient (Wildman–Crippen LogP) is 14.3. The summed E-state index contributed by atoms with van der Waals surface area (Å²) in [6.07, 6.45) is 0. The Morgan fingerprint density at radius 3 is 1.82 bits per heavy atom. The van der Waals surface area contributed by atoms with Crippen molar-refractivity contribution in [3.05, 3.63) is 188 Å². The highest BCUT2D eigenvalue weighted by Crippen LogP contribution is 2.43. The highest BCUT2D eigenvalue weighted by molar-refractivity contribution is 7.26. The first-order valence-electron chi connectivity index (χ1n) is 17.1. The van der Waals surface area contributed by atoms with Gasteiger partial charge in [0, 0.05) is 42.6 Å². The second kappa shape index (κ2) is 11.7. The summed E-state index contributed by atoms with van der Waals surface area (Å²) >= 11 is 1.89. The highest BCUT2D eigenvalue weighted by atomic mass is 32.1. The van der Waals surface area contributed by atoms with Gasteiger partial charge in [0.15, 0.2) is 0 Å². The van der Waals surface area contributed by atoms with E-state index in [9.17, 15) is 0 Å². The van der Waals surface area contributed by atoms with Crippen LogP contribution in [0.2, 0.25) is 0 Å². The van der Waals surface area contributed by atoms with Crippen molar-refractivity contribution in [2.75, 3.05) is 4.90 Å². The molecule has 0 saturated carbocycles. The van der Waals surface area contributed by atoms with Crippen molar-refractivity contribution >= 4 is 80.9 Å². The third-order valence-corrected chi connectivity index (χ3v) is 11.2. The maximum Gasteiger partial charge on any atom is 0.0468 e. The molecule has 1 aromatic heterocycles. The Balaban J connectivity index is 1.18. The van der Waals surface area contributed by atoms with Crippen LogP contribution in [0.5, 0.6) is 0 Å². The first kappa shape index (κ1) is 28.8. The normalized spacial score (nSPS) is 11.6. The van der Waals surface area contributed by atoms with Gasteiger partial charge in [0.1, 0.15) is 0 Å². The van der Waals surface area contributed by atoms with Crippen molar-refractivity contribution in [2.45, 2.75) is 0 Å². The molecule has 2 heteroatoms. The van der Waals surface area contributed by atoms with Crippen LogP contribution < -0.4 is 4.90 Å². The third kappa shape index (κ3) is 4.76. The summed E-state index contributed by atoms with van der Waals surface area (Å²) in [5, 5.41) is 10.3. The van der Waals surface area contributed by atoms with Crippen LogP contribution in [0, 0.1) is 0 Å². The number of nitrogens with zero attached hydrogens (tertiary/aromatic N) is 1. The van der Waals surface area contributed by atoms with Crippen LogP contribution in [0.4, 0.5) is 17.1 Å². The fourth-order valence-corrected chi connectivity index (χ4v) is 8.84. The maximum absolute atomic E-state index is 2.41. The zero-order valence-electron chi connectivity index (χ0n) is 27.3. The van der Waals surface area contributed by atoms with Crippen LogP contribution in [0.1, 0.15) is 0 Å². The van der Waals surface area contributed by atoms with Gasteiger partial charge in [0.05, 0.1) is 0 Å². The molecule has 0 saturated heterocycles. The highest BCUT2D eigenvalue weighted by Gasteiger charge is 2.17. The molecule has 234 valence electrons. The van der Waals surface area contributed by atoms with E-state index in [1.165, 1.54) is 74.7 Å². The Hall–Kier alpha value is -6.22. The second-order valence-corrected chi connectivity index (χ2v) is 14.0. The van der Waals surface area contributed by atoms with E-state index >= 15 is 0 Å². The number of fused-ring (bicyclic) bond motifs is 8. The fraction of sp³-hybridized carbons (Fsp3) is 0. The minimum absolute atomic E-state index is 1.12. The summed E-state index contributed by atoms with van der Waals surface area (Å²) in [4.78, 5) is 2.41. The topological polar surface area (TPSA) is 3.24 Å². The number of hydrogen-bond acceptors (Lipinski definition) is 2. The molecule has 1 nitrogen and oxygen atoms in total. The van der Waals surface area contributed by atoms with Gasteiger partial charge < -0.3 is 4.90 Å². The van der Waals surface area contributed by atoms with Crippen LogP contribution in [0.15, 0.2) is 188 Å². The van der Waals surface area contributed by atoms with E-state index in [-0.39, 0.29) is 0 Å². The van der Waals surface area contributed by atoms with Gasteiger partial charge in [-0.3, -0.25) is 0 Å². The maximum atomic E-state index is 2.41. The number of benzene rings is 9. The smallest absolute Gasteiger partial charge is 0.0468 e. The van der Waals surface area contributed by atoms with Gasteiger partial charge in [0.25, 0.3) is 0 Å². The Morgan fingerprint density at radius 1 is 0.320 bits per heavy atom. The first-order valence-corrected chi connectivity index (χ1v) is 17.9.